The summed E-state index contributed by atoms with van der Waals surface area (Å²) in [6.07, 6.45) is 0. The molecular formula is C20H21NO7. The minimum atomic E-state index is -0.750. The predicted octanol–water partition coefficient (Wildman–Crippen LogP) is 2.71. The van der Waals surface area contributed by atoms with Gasteiger partial charge >= 0.3 is 5.97 Å². The monoisotopic (exact) mass is 387 g/mol. The Labute approximate surface area is 162 Å². The molecule has 0 aliphatic rings. The summed E-state index contributed by atoms with van der Waals surface area (Å²) in [4.78, 5) is 35.6. The lowest BCUT2D eigenvalue weighted by molar-refractivity contribution is -0.119. The zero-order chi connectivity index (χ0) is 20.7. The minimum Gasteiger partial charge on any atom is -0.496 e. The lowest BCUT2D eigenvalue weighted by Crippen LogP contribution is -2.21. The summed E-state index contributed by atoms with van der Waals surface area (Å²) >= 11 is 0. The highest BCUT2D eigenvalue weighted by atomic mass is 16.5. The number of Topliss-reactive ketones (excluding diaryl/α,β-unsaturated/α-hetero) is 1. The first kappa shape index (κ1) is 20.8. The van der Waals surface area contributed by atoms with E-state index in [2.05, 4.69) is 5.32 Å². The van der Waals surface area contributed by atoms with Crippen LogP contribution in [0.2, 0.25) is 0 Å². The third-order valence-corrected chi connectivity index (χ3v) is 3.84. The van der Waals surface area contributed by atoms with Crippen LogP contribution in [0, 0.1) is 0 Å². The highest BCUT2D eigenvalue weighted by Gasteiger charge is 2.20. The largest absolute Gasteiger partial charge is 0.496 e. The molecule has 0 atom stereocenters. The molecule has 0 aliphatic heterocycles. The van der Waals surface area contributed by atoms with E-state index in [9.17, 15) is 14.4 Å². The number of carbonyl (C=O) groups excluding carboxylic acids is 3. The number of nitrogens with one attached hydrogen (secondary N) is 1. The molecule has 2 rings (SSSR count). The van der Waals surface area contributed by atoms with Crippen molar-refractivity contribution in [2.24, 2.45) is 0 Å². The van der Waals surface area contributed by atoms with E-state index in [0.717, 1.165) is 0 Å². The topological polar surface area (TPSA) is 100 Å². The predicted molar refractivity (Wildman–Crippen MR) is 101 cm³/mol. The SMILES string of the molecule is COc1cc(OC)c(C(=O)OCC(=O)Nc2ccc(C(C)=O)cc2)cc1OC. The molecule has 0 bridgehead atoms. The van der Waals surface area contributed by atoms with Crippen molar-refractivity contribution in [2.45, 2.75) is 6.92 Å². The quantitative estimate of drug-likeness (QED) is 0.549. The van der Waals surface area contributed by atoms with Gasteiger partial charge in [-0.1, -0.05) is 0 Å². The second-order valence-electron chi connectivity index (χ2n) is 5.67. The molecule has 0 spiro atoms. The van der Waals surface area contributed by atoms with Gasteiger partial charge in [0.1, 0.15) is 11.3 Å². The van der Waals surface area contributed by atoms with E-state index in [-0.39, 0.29) is 17.1 Å². The molecule has 8 nitrogen and oxygen atoms in total. The second-order valence-corrected chi connectivity index (χ2v) is 5.67. The molecule has 1 N–H and O–H groups in total. The van der Waals surface area contributed by atoms with Gasteiger partial charge in [0, 0.05) is 23.4 Å². The summed E-state index contributed by atoms with van der Waals surface area (Å²) in [5.74, 6) is -0.408. The van der Waals surface area contributed by atoms with Crippen LogP contribution in [0.1, 0.15) is 27.6 Å². The summed E-state index contributed by atoms with van der Waals surface area (Å²) in [6.45, 7) is 0.959. The zero-order valence-electron chi connectivity index (χ0n) is 16.0. The second kappa shape index (κ2) is 9.40. The van der Waals surface area contributed by atoms with Crippen LogP contribution in [0.5, 0.6) is 17.2 Å². The molecule has 0 radical (unpaired) electrons. The van der Waals surface area contributed by atoms with Gasteiger partial charge in [-0.25, -0.2) is 4.79 Å². The molecule has 0 aromatic heterocycles. The maximum absolute atomic E-state index is 12.4. The lowest BCUT2D eigenvalue weighted by atomic mass is 10.1. The summed E-state index contributed by atoms with van der Waals surface area (Å²) < 4.78 is 20.6. The van der Waals surface area contributed by atoms with Crippen molar-refractivity contribution in [1.29, 1.82) is 0 Å². The molecule has 0 aliphatic carbocycles. The van der Waals surface area contributed by atoms with Crippen LogP contribution in [0.4, 0.5) is 5.69 Å². The average Bonchev–Trinajstić information content (AvgIpc) is 2.71. The summed E-state index contributed by atoms with van der Waals surface area (Å²) in [5, 5.41) is 2.58. The van der Waals surface area contributed by atoms with Crippen LogP contribution in [0.15, 0.2) is 36.4 Å². The number of carbonyl (C=O) groups is 3. The molecule has 8 heteroatoms. The highest BCUT2D eigenvalue weighted by molar-refractivity contribution is 5.98. The molecule has 0 saturated heterocycles. The number of hydrogen-bond donors (Lipinski definition) is 1. The van der Waals surface area contributed by atoms with Crippen molar-refractivity contribution in [3.05, 3.63) is 47.5 Å². The van der Waals surface area contributed by atoms with Crippen molar-refractivity contribution in [1.82, 2.24) is 0 Å². The molecule has 148 valence electrons. The maximum Gasteiger partial charge on any atom is 0.342 e. The first-order valence-corrected chi connectivity index (χ1v) is 8.27. The number of benzene rings is 2. The molecule has 2 aromatic carbocycles. The molecule has 0 unspecified atom stereocenters. The minimum absolute atomic E-state index is 0.0735. The number of anilines is 1. The Bertz CT molecular complexity index is 875. The molecule has 28 heavy (non-hydrogen) atoms. The first-order chi connectivity index (χ1) is 13.4. The van der Waals surface area contributed by atoms with Gasteiger partial charge in [0.2, 0.25) is 0 Å². The Morgan fingerprint density at radius 3 is 1.96 bits per heavy atom. The van der Waals surface area contributed by atoms with E-state index in [4.69, 9.17) is 18.9 Å². The Morgan fingerprint density at radius 1 is 0.857 bits per heavy atom. The molecule has 0 fully saturated rings. The lowest BCUT2D eigenvalue weighted by Gasteiger charge is -2.13. The van der Waals surface area contributed by atoms with E-state index in [1.54, 1.807) is 24.3 Å². The molecule has 0 heterocycles. The highest BCUT2D eigenvalue weighted by Crippen LogP contribution is 2.34. The Kier molecular flexibility index (Phi) is 6.97. The van der Waals surface area contributed by atoms with Crippen LogP contribution < -0.4 is 19.5 Å². The van der Waals surface area contributed by atoms with Crippen molar-refractivity contribution in [3.8, 4) is 17.2 Å². The standard InChI is InChI=1S/C20H21NO7/c1-12(22)13-5-7-14(8-6-13)21-19(23)11-28-20(24)15-9-17(26-3)18(27-4)10-16(15)25-2/h5-10H,11H2,1-4H3,(H,21,23). The number of amides is 1. The number of ketones is 1. The first-order valence-electron chi connectivity index (χ1n) is 8.27. The fourth-order valence-corrected chi connectivity index (χ4v) is 2.38. The summed E-state index contributed by atoms with van der Waals surface area (Å²) in [7, 11) is 4.29. The average molecular weight is 387 g/mol. The van der Waals surface area contributed by atoms with Gasteiger partial charge in [-0.05, 0) is 31.2 Å². The molecular weight excluding hydrogens is 366 g/mol. The molecule has 2 aromatic rings. The van der Waals surface area contributed by atoms with Gasteiger partial charge in [-0.15, -0.1) is 0 Å². The van der Waals surface area contributed by atoms with Crippen LogP contribution in [0.3, 0.4) is 0 Å². The smallest absolute Gasteiger partial charge is 0.342 e. The van der Waals surface area contributed by atoms with E-state index < -0.39 is 18.5 Å². The molecule has 0 saturated carbocycles. The number of ether oxygens (including phenoxy) is 4. The van der Waals surface area contributed by atoms with Gasteiger partial charge in [0.05, 0.1) is 21.3 Å². The number of methoxy groups -OCH3 is 3. The Balaban J connectivity index is 2.03. The third-order valence-electron chi connectivity index (χ3n) is 3.84. The van der Waals surface area contributed by atoms with Crippen molar-refractivity contribution < 1.29 is 33.3 Å². The zero-order valence-corrected chi connectivity index (χ0v) is 16.0. The van der Waals surface area contributed by atoms with E-state index in [1.165, 1.54) is 40.4 Å². The van der Waals surface area contributed by atoms with Gasteiger partial charge in [0.25, 0.3) is 5.91 Å². The number of rotatable bonds is 8. The fraction of sp³-hybridized carbons (Fsp3) is 0.250. The fourth-order valence-electron chi connectivity index (χ4n) is 2.38. The van der Waals surface area contributed by atoms with Crippen molar-refractivity contribution in [2.75, 3.05) is 33.3 Å². The normalized spacial score (nSPS) is 10.0. The van der Waals surface area contributed by atoms with Gasteiger partial charge in [-0.2, -0.15) is 0 Å². The van der Waals surface area contributed by atoms with Crippen molar-refractivity contribution in [3.63, 3.8) is 0 Å². The van der Waals surface area contributed by atoms with Crippen LogP contribution >= 0.6 is 0 Å². The van der Waals surface area contributed by atoms with Crippen molar-refractivity contribution >= 4 is 23.3 Å². The Hall–Kier alpha value is -3.55. The van der Waals surface area contributed by atoms with E-state index in [0.29, 0.717) is 22.7 Å². The number of esters is 1. The van der Waals surface area contributed by atoms with Crippen LogP contribution in [-0.4, -0.2) is 45.6 Å². The Morgan fingerprint density at radius 2 is 1.43 bits per heavy atom. The maximum atomic E-state index is 12.4. The van der Waals surface area contributed by atoms with E-state index in [1.807, 2.05) is 0 Å². The van der Waals surface area contributed by atoms with Gasteiger partial charge < -0.3 is 24.3 Å². The van der Waals surface area contributed by atoms with E-state index >= 15 is 0 Å². The van der Waals surface area contributed by atoms with Crippen LogP contribution in [0.25, 0.3) is 0 Å². The third kappa shape index (κ3) is 5.00. The molecule has 1 amide bonds. The summed E-state index contributed by atoms with van der Waals surface area (Å²) in [6, 6.07) is 9.28. The number of hydrogen-bond acceptors (Lipinski definition) is 7. The van der Waals surface area contributed by atoms with Gasteiger partial charge in [0.15, 0.2) is 23.9 Å². The van der Waals surface area contributed by atoms with Crippen LogP contribution in [-0.2, 0) is 9.53 Å². The summed E-state index contributed by atoms with van der Waals surface area (Å²) in [5.41, 5.74) is 1.11. The van der Waals surface area contributed by atoms with Gasteiger partial charge in [-0.3, -0.25) is 9.59 Å².